The maximum atomic E-state index is 12.4. The van der Waals surface area contributed by atoms with Gasteiger partial charge in [0.15, 0.2) is 0 Å². The minimum Gasteiger partial charge on any atom is -0.354 e. The Morgan fingerprint density at radius 2 is 1.83 bits per heavy atom. The first kappa shape index (κ1) is 19.8. The van der Waals surface area contributed by atoms with Crippen LogP contribution in [0.25, 0.3) is 0 Å². The second-order valence-electron chi connectivity index (χ2n) is 5.46. The molecule has 1 atom stereocenters. The predicted molar refractivity (Wildman–Crippen MR) is 95.4 cm³/mol. The largest absolute Gasteiger partial charge is 0.354 e. The SMILES string of the molecule is CCCCCNC(=O)C(CC)N(c1ccc(Cl)cc1)S(C)(=O)=O. The summed E-state index contributed by atoms with van der Waals surface area (Å²) in [6.07, 6.45) is 4.47. The smallest absolute Gasteiger partial charge is 0.243 e. The molecule has 1 rings (SSSR count). The van der Waals surface area contributed by atoms with Crippen molar-refractivity contribution in [2.45, 2.75) is 45.6 Å². The number of anilines is 1. The molecule has 0 bridgehead atoms. The van der Waals surface area contributed by atoms with Gasteiger partial charge in [-0.2, -0.15) is 0 Å². The van der Waals surface area contributed by atoms with E-state index in [0.29, 0.717) is 23.7 Å². The number of rotatable bonds is 9. The molecule has 0 saturated heterocycles. The minimum atomic E-state index is -3.59. The fraction of sp³-hybridized carbons (Fsp3) is 0.562. The molecular formula is C16H25ClN2O3S. The topological polar surface area (TPSA) is 66.5 Å². The highest BCUT2D eigenvalue weighted by atomic mass is 35.5. The van der Waals surface area contributed by atoms with Crippen molar-refractivity contribution in [3.05, 3.63) is 29.3 Å². The number of benzene rings is 1. The lowest BCUT2D eigenvalue weighted by Gasteiger charge is -2.30. The lowest BCUT2D eigenvalue weighted by atomic mass is 10.2. The fourth-order valence-corrected chi connectivity index (χ4v) is 3.69. The fourth-order valence-electron chi connectivity index (χ4n) is 2.35. The minimum absolute atomic E-state index is 0.274. The van der Waals surface area contributed by atoms with E-state index < -0.39 is 16.1 Å². The molecule has 5 nitrogen and oxygen atoms in total. The Morgan fingerprint density at radius 3 is 2.30 bits per heavy atom. The predicted octanol–water partition coefficient (Wildman–Crippen LogP) is 3.19. The molecule has 0 spiro atoms. The van der Waals surface area contributed by atoms with Gasteiger partial charge < -0.3 is 5.32 Å². The molecule has 7 heteroatoms. The Hall–Kier alpha value is -1.27. The second-order valence-corrected chi connectivity index (χ2v) is 7.75. The van der Waals surface area contributed by atoms with Gasteiger partial charge in [0, 0.05) is 11.6 Å². The number of sulfonamides is 1. The summed E-state index contributed by atoms with van der Waals surface area (Å²) in [5, 5.41) is 3.34. The van der Waals surface area contributed by atoms with Gasteiger partial charge in [-0.25, -0.2) is 8.42 Å². The number of unbranched alkanes of at least 4 members (excludes halogenated alkanes) is 2. The molecule has 0 aliphatic rings. The third kappa shape index (κ3) is 6.03. The first-order valence-electron chi connectivity index (χ1n) is 7.84. The van der Waals surface area contributed by atoms with Gasteiger partial charge >= 0.3 is 0 Å². The third-order valence-corrected chi connectivity index (χ3v) is 4.92. The highest BCUT2D eigenvalue weighted by Crippen LogP contribution is 2.24. The molecule has 0 heterocycles. The van der Waals surface area contributed by atoms with Crippen molar-refractivity contribution >= 4 is 33.2 Å². The van der Waals surface area contributed by atoms with Crippen LogP contribution in [0.1, 0.15) is 39.5 Å². The van der Waals surface area contributed by atoms with Crippen molar-refractivity contribution in [1.29, 1.82) is 0 Å². The monoisotopic (exact) mass is 360 g/mol. The zero-order valence-corrected chi connectivity index (χ0v) is 15.5. The van der Waals surface area contributed by atoms with Crippen LogP contribution in [0, 0.1) is 0 Å². The Balaban J connectivity index is 2.99. The average Bonchev–Trinajstić information content (AvgIpc) is 2.49. The van der Waals surface area contributed by atoms with E-state index in [-0.39, 0.29) is 5.91 Å². The van der Waals surface area contributed by atoms with Crippen molar-refractivity contribution in [1.82, 2.24) is 5.32 Å². The molecule has 1 aromatic carbocycles. The number of nitrogens with zero attached hydrogens (tertiary/aromatic N) is 1. The Morgan fingerprint density at radius 1 is 1.22 bits per heavy atom. The van der Waals surface area contributed by atoms with E-state index in [0.717, 1.165) is 25.5 Å². The molecule has 0 aliphatic heterocycles. The Labute approximate surface area is 144 Å². The maximum absolute atomic E-state index is 12.4. The van der Waals surface area contributed by atoms with E-state index in [4.69, 9.17) is 11.6 Å². The van der Waals surface area contributed by atoms with Crippen LogP contribution in [0.2, 0.25) is 5.02 Å². The van der Waals surface area contributed by atoms with Gasteiger partial charge in [-0.05, 0) is 37.1 Å². The van der Waals surface area contributed by atoms with Gasteiger partial charge in [0.05, 0.1) is 11.9 Å². The normalized spacial score (nSPS) is 12.7. The Kier molecular flexibility index (Phi) is 7.85. The van der Waals surface area contributed by atoms with Gasteiger partial charge in [0.1, 0.15) is 6.04 Å². The summed E-state index contributed by atoms with van der Waals surface area (Å²) >= 11 is 5.86. The van der Waals surface area contributed by atoms with E-state index in [1.54, 1.807) is 31.2 Å². The molecule has 0 aromatic heterocycles. The summed E-state index contributed by atoms with van der Waals surface area (Å²) in [4.78, 5) is 12.4. The number of amides is 1. The molecular weight excluding hydrogens is 336 g/mol. The van der Waals surface area contributed by atoms with Crippen LogP contribution < -0.4 is 9.62 Å². The summed E-state index contributed by atoms with van der Waals surface area (Å²) in [6.45, 7) is 4.44. The molecule has 0 aliphatic carbocycles. The van der Waals surface area contributed by atoms with Crippen LogP contribution in [-0.2, 0) is 14.8 Å². The molecule has 1 N–H and O–H groups in total. The van der Waals surface area contributed by atoms with Gasteiger partial charge in [0.2, 0.25) is 15.9 Å². The van der Waals surface area contributed by atoms with Gasteiger partial charge in [0.25, 0.3) is 0 Å². The summed E-state index contributed by atoms with van der Waals surface area (Å²) in [5.41, 5.74) is 0.437. The van der Waals surface area contributed by atoms with Crippen LogP contribution in [0.15, 0.2) is 24.3 Å². The summed E-state index contributed by atoms with van der Waals surface area (Å²) in [7, 11) is -3.59. The van der Waals surface area contributed by atoms with Crippen LogP contribution in [0.4, 0.5) is 5.69 Å². The highest BCUT2D eigenvalue weighted by Gasteiger charge is 2.31. The van der Waals surface area contributed by atoms with Gasteiger partial charge in [-0.1, -0.05) is 38.3 Å². The van der Waals surface area contributed by atoms with Crippen LogP contribution in [0.3, 0.4) is 0 Å². The van der Waals surface area contributed by atoms with Crippen LogP contribution in [0.5, 0.6) is 0 Å². The van der Waals surface area contributed by atoms with E-state index >= 15 is 0 Å². The second kappa shape index (κ2) is 9.13. The molecule has 0 fully saturated rings. The highest BCUT2D eigenvalue weighted by molar-refractivity contribution is 7.92. The quantitative estimate of drug-likeness (QED) is 0.688. The molecule has 1 amide bonds. The van der Waals surface area contributed by atoms with E-state index in [1.165, 1.54) is 4.31 Å². The lowest BCUT2D eigenvalue weighted by molar-refractivity contribution is -0.122. The van der Waals surface area contributed by atoms with E-state index in [1.807, 2.05) is 0 Å². The van der Waals surface area contributed by atoms with Gasteiger partial charge in [-0.3, -0.25) is 9.10 Å². The zero-order chi connectivity index (χ0) is 17.5. The van der Waals surface area contributed by atoms with Crippen molar-refractivity contribution in [3.8, 4) is 0 Å². The molecule has 23 heavy (non-hydrogen) atoms. The number of hydrogen-bond donors (Lipinski definition) is 1. The molecule has 130 valence electrons. The van der Waals surface area contributed by atoms with Gasteiger partial charge in [-0.15, -0.1) is 0 Å². The third-order valence-electron chi connectivity index (χ3n) is 3.49. The maximum Gasteiger partial charge on any atom is 0.243 e. The van der Waals surface area contributed by atoms with E-state index in [2.05, 4.69) is 12.2 Å². The first-order chi connectivity index (χ1) is 10.8. The summed E-state index contributed by atoms with van der Waals surface area (Å²) < 4.78 is 25.6. The summed E-state index contributed by atoms with van der Waals surface area (Å²) in [5.74, 6) is -0.274. The van der Waals surface area contributed by atoms with Crippen molar-refractivity contribution in [2.75, 3.05) is 17.1 Å². The average molecular weight is 361 g/mol. The number of nitrogens with one attached hydrogen (secondary N) is 1. The van der Waals surface area contributed by atoms with Crippen molar-refractivity contribution < 1.29 is 13.2 Å². The number of carbonyl (C=O) groups excluding carboxylic acids is 1. The number of halogens is 1. The molecule has 1 aromatic rings. The number of carbonyl (C=O) groups is 1. The van der Waals surface area contributed by atoms with Crippen molar-refractivity contribution in [2.24, 2.45) is 0 Å². The van der Waals surface area contributed by atoms with Crippen LogP contribution >= 0.6 is 11.6 Å². The zero-order valence-electron chi connectivity index (χ0n) is 13.9. The van der Waals surface area contributed by atoms with Crippen molar-refractivity contribution in [3.63, 3.8) is 0 Å². The molecule has 0 saturated carbocycles. The number of hydrogen-bond acceptors (Lipinski definition) is 3. The standard InChI is InChI=1S/C16H25ClN2O3S/c1-4-6-7-12-18-16(20)15(5-2)19(23(3,21)22)14-10-8-13(17)9-11-14/h8-11,15H,4-7,12H2,1-3H3,(H,18,20). The lowest BCUT2D eigenvalue weighted by Crippen LogP contribution is -2.49. The summed E-state index contributed by atoms with van der Waals surface area (Å²) in [6, 6.07) is 5.67. The molecule has 1 unspecified atom stereocenters. The Bertz CT molecular complexity index is 602. The van der Waals surface area contributed by atoms with Crippen LogP contribution in [-0.4, -0.2) is 33.2 Å². The van der Waals surface area contributed by atoms with E-state index in [9.17, 15) is 13.2 Å². The molecule has 0 radical (unpaired) electrons. The first-order valence-corrected chi connectivity index (χ1v) is 10.1.